The molecule has 1 fully saturated rings. The Kier molecular flexibility index (Phi) is 15.8. The third-order valence-corrected chi connectivity index (χ3v) is 11.1. The molecule has 0 saturated carbocycles. The maximum atomic E-state index is 12.6. The largest absolute Gasteiger partial charge is 0.481 e. The van der Waals surface area contributed by atoms with Gasteiger partial charge in [-0.2, -0.15) is 4.31 Å². The van der Waals surface area contributed by atoms with Crippen LogP contribution >= 0.6 is 35.2 Å². The molecule has 2 amide bonds. The van der Waals surface area contributed by atoms with E-state index in [1.807, 2.05) is 0 Å². The average Bonchev–Trinajstić information content (AvgIpc) is 3.61. The van der Waals surface area contributed by atoms with Crippen molar-refractivity contribution in [3.63, 3.8) is 0 Å². The molecule has 24 nitrogen and oxygen atoms in total. The van der Waals surface area contributed by atoms with Crippen LogP contribution in [0.5, 0.6) is 0 Å². The monoisotopic (exact) mass is 835 g/mol. The van der Waals surface area contributed by atoms with Gasteiger partial charge in [-0.25, -0.2) is 28.6 Å². The molecule has 7 atom stereocenters. The van der Waals surface area contributed by atoms with E-state index in [4.69, 9.17) is 19.5 Å². The van der Waals surface area contributed by atoms with E-state index in [-0.39, 0.29) is 48.0 Å². The molecule has 2 aromatic rings. The molecule has 3 rings (SSSR count). The van der Waals surface area contributed by atoms with Gasteiger partial charge in [0, 0.05) is 37.1 Å². The SMILES string of the molecule is C=CCC(=O)SCCNC(=O)CCNC(=O)C(O)C(C)(C)COP(=O)(O)OP(=O)(O)OC[C@H]1O[C@@H](n2cnc3c(N)ncnc32)[C@H](O)[C@@H]1OP(=O)(O)O. The van der Waals surface area contributed by atoms with Crippen molar-refractivity contribution in [3.8, 4) is 0 Å². The van der Waals surface area contributed by atoms with Gasteiger partial charge in [-0.15, -0.1) is 6.58 Å². The fourth-order valence-electron chi connectivity index (χ4n) is 4.47. The van der Waals surface area contributed by atoms with Gasteiger partial charge in [-0.3, -0.25) is 32.5 Å². The van der Waals surface area contributed by atoms with Crippen molar-refractivity contribution >= 4 is 69.1 Å². The predicted octanol–water partition coefficient (Wildman–Crippen LogP) is -0.759. The van der Waals surface area contributed by atoms with E-state index in [0.717, 1.165) is 29.0 Å². The zero-order valence-corrected chi connectivity index (χ0v) is 31.6. The van der Waals surface area contributed by atoms with Crippen LogP contribution in [-0.4, -0.2) is 123 Å². The highest BCUT2D eigenvalue weighted by Gasteiger charge is 2.50. The number of aromatic nitrogens is 4. The van der Waals surface area contributed by atoms with Crippen LogP contribution in [0.25, 0.3) is 11.2 Å². The number of anilines is 1. The molecule has 0 bridgehead atoms. The first-order valence-corrected chi connectivity index (χ1v) is 20.7. The van der Waals surface area contributed by atoms with Crippen molar-refractivity contribution in [1.82, 2.24) is 30.2 Å². The lowest BCUT2D eigenvalue weighted by Gasteiger charge is -2.30. The summed E-state index contributed by atoms with van der Waals surface area (Å²) in [5.41, 5.74) is 4.25. The Morgan fingerprint density at radius 3 is 2.45 bits per heavy atom. The first-order valence-electron chi connectivity index (χ1n) is 15.2. The van der Waals surface area contributed by atoms with Crippen molar-refractivity contribution in [2.75, 3.05) is 37.8 Å². The second kappa shape index (κ2) is 18.8. The Balaban J connectivity index is 1.52. The van der Waals surface area contributed by atoms with Gasteiger partial charge in [0.25, 0.3) is 0 Å². The Hall–Kier alpha value is -2.70. The lowest BCUT2D eigenvalue weighted by Crippen LogP contribution is -2.46. The Morgan fingerprint density at radius 2 is 1.79 bits per heavy atom. The summed E-state index contributed by atoms with van der Waals surface area (Å²) in [4.78, 5) is 86.7. The van der Waals surface area contributed by atoms with Crippen LogP contribution in [-0.2, 0) is 50.7 Å². The van der Waals surface area contributed by atoms with Crippen LogP contribution < -0.4 is 16.4 Å². The third kappa shape index (κ3) is 13.5. The second-order valence-electron chi connectivity index (χ2n) is 11.8. The van der Waals surface area contributed by atoms with Crippen molar-refractivity contribution in [2.45, 2.75) is 57.3 Å². The highest BCUT2D eigenvalue weighted by Crippen LogP contribution is 2.61. The molecule has 28 heteroatoms. The summed E-state index contributed by atoms with van der Waals surface area (Å²) >= 11 is 1.02. The number of nitrogens with two attached hydrogens (primary N) is 1. The lowest BCUT2D eigenvalue weighted by atomic mass is 9.87. The fourth-order valence-corrected chi connectivity index (χ4v) is 7.97. The molecule has 3 heterocycles. The summed E-state index contributed by atoms with van der Waals surface area (Å²) in [5.74, 6) is -1.13. The quantitative estimate of drug-likeness (QED) is 0.0424. The lowest BCUT2D eigenvalue weighted by molar-refractivity contribution is -0.137. The molecular weight excluding hydrogens is 795 g/mol. The summed E-state index contributed by atoms with van der Waals surface area (Å²) in [7, 11) is -16.4. The van der Waals surface area contributed by atoms with Crippen LogP contribution in [0.1, 0.15) is 32.9 Å². The minimum atomic E-state index is -5.56. The van der Waals surface area contributed by atoms with Crippen LogP contribution in [0.2, 0.25) is 0 Å². The summed E-state index contributed by atoms with van der Waals surface area (Å²) in [6, 6.07) is 0. The van der Waals surface area contributed by atoms with E-state index in [1.54, 1.807) is 0 Å². The molecule has 10 N–H and O–H groups in total. The predicted molar refractivity (Wildman–Crippen MR) is 182 cm³/mol. The minimum Gasteiger partial charge on any atom is -0.386 e. The van der Waals surface area contributed by atoms with Gasteiger partial charge in [0.15, 0.2) is 22.8 Å². The molecule has 1 aliphatic heterocycles. The van der Waals surface area contributed by atoms with Gasteiger partial charge in [0.05, 0.1) is 19.5 Å². The number of nitrogens with one attached hydrogen (secondary N) is 2. The van der Waals surface area contributed by atoms with Gasteiger partial charge in [-0.05, 0) is 0 Å². The van der Waals surface area contributed by atoms with E-state index in [9.17, 15) is 57.9 Å². The van der Waals surface area contributed by atoms with Crippen LogP contribution in [0, 0.1) is 5.41 Å². The molecule has 0 aromatic carbocycles. The number of allylic oxidation sites excluding steroid dienone is 1. The molecule has 0 radical (unpaired) electrons. The maximum absolute atomic E-state index is 12.6. The average molecular weight is 836 g/mol. The zero-order chi connectivity index (χ0) is 39.8. The van der Waals surface area contributed by atoms with E-state index in [1.165, 1.54) is 19.9 Å². The number of thioether (sulfide) groups is 1. The topological polar surface area (TPSA) is 364 Å². The number of phosphoric ester groups is 3. The summed E-state index contributed by atoms with van der Waals surface area (Å²) < 4.78 is 61.9. The number of carbonyl (C=O) groups is 3. The minimum absolute atomic E-state index is 0.0295. The molecule has 1 aliphatic rings. The number of aliphatic hydroxyl groups is 2. The van der Waals surface area contributed by atoms with Crippen molar-refractivity contribution < 1.29 is 80.5 Å². The molecule has 0 spiro atoms. The normalized spacial score (nSPS) is 22.1. The number of aliphatic hydroxyl groups excluding tert-OH is 2. The van der Waals surface area contributed by atoms with Gasteiger partial charge in [-0.1, -0.05) is 31.7 Å². The molecule has 1 saturated heterocycles. The molecule has 0 aliphatic carbocycles. The fraction of sp³-hybridized carbons (Fsp3) is 0.600. The summed E-state index contributed by atoms with van der Waals surface area (Å²) in [6.07, 6.45) is -5.26. The van der Waals surface area contributed by atoms with E-state index >= 15 is 0 Å². The van der Waals surface area contributed by atoms with Crippen molar-refractivity contribution in [2.24, 2.45) is 5.41 Å². The number of amides is 2. The number of nitrogen functional groups attached to an aromatic ring is 1. The number of hydrogen-bond donors (Lipinski definition) is 9. The maximum Gasteiger partial charge on any atom is 0.481 e. The zero-order valence-electron chi connectivity index (χ0n) is 28.1. The molecule has 53 heavy (non-hydrogen) atoms. The Morgan fingerprint density at radius 1 is 1.11 bits per heavy atom. The third-order valence-electron chi connectivity index (χ3n) is 7.08. The van der Waals surface area contributed by atoms with Gasteiger partial charge in [0.1, 0.15) is 36.3 Å². The Bertz CT molecular complexity index is 1780. The van der Waals surface area contributed by atoms with E-state index < -0.39 is 84.6 Å². The smallest absolute Gasteiger partial charge is 0.386 e. The van der Waals surface area contributed by atoms with Gasteiger partial charge < -0.3 is 50.9 Å². The molecule has 2 aromatic heterocycles. The van der Waals surface area contributed by atoms with E-state index in [2.05, 4.69) is 41.0 Å². The molecule has 3 unspecified atom stereocenters. The molecule has 298 valence electrons. The highest BCUT2D eigenvalue weighted by molar-refractivity contribution is 8.13. The van der Waals surface area contributed by atoms with Crippen LogP contribution in [0.15, 0.2) is 25.3 Å². The van der Waals surface area contributed by atoms with Gasteiger partial charge in [0.2, 0.25) is 11.8 Å². The second-order valence-corrected chi connectivity index (χ2v) is 17.2. The number of imidazole rings is 1. The Labute approximate surface area is 305 Å². The first-order chi connectivity index (χ1) is 24.6. The number of ether oxygens (including phenoxy) is 1. The standard InChI is InChI=1S/C25H40N7O17P3S/c1-4-5-16(34)53-9-8-27-15(33)6-7-28-23(37)20(36)25(2,3)11-46-52(43,44)49-51(41,42)45-10-14-19(48-50(38,39)40)18(35)24(47-14)32-13-31-17-21(26)29-12-30-22(17)32/h4,12-14,18-20,24,35-36H,1,5-11H2,2-3H3,(H,27,33)(H,28,37)(H,41,42)(H,43,44)(H2,26,29,30)(H2,38,39,40)/t14-,18-,19-,20?,24-/m1/s1. The number of carbonyl (C=O) groups excluding carboxylic acids is 3. The van der Waals surface area contributed by atoms with Crippen LogP contribution in [0.3, 0.4) is 0 Å². The van der Waals surface area contributed by atoms with Crippen LogP contribution in [0.4, 0.5) is 5.82 Å². The first kappa shape index (κ1) is 44.7. The van der Waals surface area contributed by atoms with Crippen molar-refractivity contribution in [3.05, 3.63) is 25.3 Å². The van der Waals surface area contributed by atoms with E-state index in [0.29, 0.717) is 5.75 Å². The summed E-state index contributed by atoms with van der Waals surface area (Å²) in [5, 5.41) is 26.1. The number of phosphoric acid groups is 3. The highest BCUT2D eigenvalue weighted by atomic mass is 32.2. The number of nitrogens with zero attached hydrogens (tertiary/aromatic N) is 4. The van der Waals surface area contributed by atoms with Gasteiger partial charge >= 0.3 is 23.5 Å². The van der Waals surface area contributed by atoms with Crippen molar-refractivity contribution in [1.29, 1.82) is 0 Å². The summed E-state index contributed by atoms with van der Waals surface area (Å²) in [6.45, 7) is 3.93. The number of rotatable bonds is 21. The number of hydrogen-bond acceptors (Lipinski definition) is 18. The molecular formula is C25H40N7O17P3S. The number of fused-ring (bicyclic) bond motifs is 1.